The highest BCUT2D eigenvalue weighted by molar-refractivity contribution is 6.16. The van der Waals surface area contributed by atoms with Crippen LogP contribution in [-0.4, -0.2) is 0 Å². The third-order valence-corrected chi connectivity index (χ3v) is 7.48. The molecular weight excluding hydrogens is 475 g/mol. The fourth-order valence-electron chi connectivity index (χ4n) is 5.54. The highest BCUT2D eigenvalue weighted by Crippen LogP contribution is 2.43. The van der Waals surface area contributed by atoms with Crippen LogP contribution in [0.5, 0.6) is 0 Å². The highest BCUT2D eigenvalue weighted by Gasteiger charge is 2.24. The van der Waals surface area contributed by atoms with Gasteiger partial charge in [0.25, 0.3) is 0 Å². The average Bonchev–Trinajstić information content (AvgIpc) is 3.49. The van der Waals surface area contributed by atoms with Crippen LogP contribution in [0.2, 0.25) is 0 Å². The van der Waals surface area contributed by atoms with Gasteiger partial charge in [-0.2, -0.15) is 9.83 Å². The fourth-order valence-corrected chi connectivity index (χ4v) is 5.54. The van der Waals surface area contributed by atoms with Crippen molar-refractivity contribution in [2.24, 2.45) is 7.05 Å². The summed E-state index contributed by atoms with van der Waals surface area (Å²) in [6.07, 6.45) is 1.49. The summed E-state index contributed by atoms with van der Waals surface area (Å²) >= 11 is 0. The van der Waals surface area contributed by atoms with Gasteiger partial charge in [0, 0.05) is 33.2 Å². The fraction of sp³-hybridized carbons (Fsp3) is 0.0909. The van der Waals surface area contributed by atoms with E-state index in [0.29, 0.717) is 22.3 Å². The van der Waals surface area contributed by atoms with Gasteiger partial charge < -0.3 is 8.83 Å². The molecular formula is C33H22FN2O2+. The molecule has 0 unspecified atom stereocenters. The maximum absolute atomic E-state index is 14.3. The Labute approximate surface area is 217 Å². The second-order valence-electron chi connectivity index (χ2n) is 9.82. The summed E-state index contributed by atoms with van der Waals surface area (Å²) in [6.45, 7) is 3.77. The Morgan fingerprint density at radius 3 is 2.42 bits per heavy atom. The number of para-hydroxylation sites is 1. The van der Waals surface area contributed by atoms with Crippen molar-refractivity contribution in [2.75, 3.05) is 0 Å². The maximum atomic E-state index is 14.3. The van der Waals surface area contributed by atoms with Gasteiger partial charge in [-0.15, -0.1) is 0 Å². The standard InChI is InChI=1S/C33H22FN2O2/c1-18-8-11-25-31-21(16-35)10-12-22(20-9-13-24-23-6-4-5-7-28(23)37-29(24)15-20)32(31)38-33(25)30(18)27-14-19(2)26(34)17-36(27)3/h4-15,17H,1-3H3/q+1. The van der Waals surface area contributed by atoms with Gasteiger partial charge in [0.1, 0.15) is 29.4 Å². The van der Waals surface area contributed by atoms with E-state index in [9.17, 15) is 9.65 Å². The Morgan fingerprint density at radius 2 is 1.58 bits per heavy atom. The second kappa shape index (κ2) is 8.03. The van der Waals surface area contributed by atoms with Crippen molar-refractivity contribution in [3.8, 4) is 28.5 Å². The van der Waals surface area contributed by atoms with Gasteiger partial charge in [-0.3, -0.25) is 0 Å². The summed E-state index contributed by atoms with van der Waals surface area (Å²) < 4.78 is 28.9. The molecule has 7 rings (SSSR count). The molecule has 0 fully saturated rings. The summed E-state index contributed by atoms with van der Waals surface area (Å²) in [7, 11) is 1.83. The van der Waals surface area contributed by atoms with Gasteiger partial charge in [-0.05, 0) is 60.9 Å². The van der Waals surface area contributed by atoms with E-state index in [1.54, 1.807) is 11.5 Å². The van der Waals surface area contributed by atoms with E-state index in [-0.39, 0.29) is 5.82 Å². The maximum Gasteiger partial charge on any atom is 0.216 e. The van der Waals surface area contributed by atoms with E-state index in [4.69, 9.17) is 8.83 Å². The monoisotopic (exact) mass is 497 g/mol. The molecule has 0 radical (unpaired) electrons. The molecule has 0 aliphatic heterocycles. The predicted molar refractivity (Wildman–Crippen MR) is 147 cm³/mol. The molecule has 3 aromatic heterocycles. The zero-order valence-electron chi connectivity index (χ0n) is 21.1. The minimum absolute atomic E-state index is 0.263. The zero-order chi connectivity index (χ0) is 26.1. The van der Waals surface area contributed by atoms with Crippen molar-refractivity contribution in [2.45, 2.75) is 13.8 Å². The normalized spacial score (nSPS) is 11.7. The van der Waals surface area contributed by atoms with Crippen molar-refractivity contribution in [3.63, 3.8) is 0 Å². The van der Waals surface area contributed by atoms with E-state index in [2.05, 4.69) is 24.3 Å². The van der Waals surface area contributed by atoms with Gasteiger partial charge in [-0.1, -0.05) is 36.4 Å². The third-order valence-electron chi connectivity index (χ3n) is 7.48. The SMILES string of the molecule is Cc1cc(-c2c(C)ccc3c2oc2c(-c4ccc5c(c4)oc4ccccc45)ccc(C#N)c23)[n+](C)cc1F. The molecule has 4 nitrogen and oxygen atoms in total. The Kier molecular flexibility index (Phi) is 4.70. The largest absolute Gasteiger partial charge is 0.456 e. The molecule has 0 N–H and O–H groups in total. The third kappa shape index (κ3) is 3.10. The number of rotatable bonds is 2. The molecule has 0 atom stereocenters. The lowest BCUT2D eigenvalue weighted by molar-refractivity contribution is -0.662. The lowest BCUT2D eigenvalue weighted by Crippen LogP contribution is -2.31. The van der Waals surface area contributed by atoms with Crippen molar-refractivity contribution in [1.82, 2.24) is 0 Å². The molecule has 0 aliphatic rings. The number of furan rings is 2. The number of hydrogen-bond acceptors (Lipinski definition) is 3. The number of fused-ring (bicyclic) bond motifs is 6. The number of nitriles is 1. The summed E-state index contributed by atoms with van der Waals surface area (Å²) in [5, 5.41) is 13.7. The molecule has 182 valence electrons. The molecule has 3 heterocycles. The van der Waals surface area contributed by atoms with E-state index in [0.717, 1.165) is 60.7 Å². The number of pyridine rings is 1. The minimum Gasteiger partial charge on any atom is -0.456 e. The van der Waals surface area contributed by atoms with Crippen LogP contribution in [0.25, 0.3) is 66.3 Å². The first-order valence-corrected chi connectivity index (χ1v) is 12.4. The number of hydrogen-bond donors (Lipinski definition) is 0. The Hall–Kier alpha value is -4.95. The predicted octanol–water partition coefficient (Wildman–Crippen LogP) is 8.27. The van der Waals surface area contributed by atoms with Crippen LogP contribution in [0.3, 0.4) is 0 Å². The quantitative estimate of drug-likeness (QED) is 0.226. The van der Waals surface area contributed by atoms with Gasteiger partial charge in [0.05, 0.1) is 17.2 Å². The molecule has 38 heavy (non-hydrogen) atoms. The van der Waals surface area contributed by atoms with Crippen LogP contribution in [0.4, 0.5) is 4.39 Å². The van der Waals surface area contributed by atoms with E-state index >= 15 is 0 Å². The molecule has 4 aromatic carbocycles. The average molecular weight is 498 g/mol. The molecule has 0 bridgehead atoms. The van der Waals surface area contributed by atoms with E-state index in [1.165, 1.54) is 6.20 Å². The minimum atomic E-state index is -0.263. The van der Waals surface area contributed by atoms with E-state index in [1.807, 2.05) is 68.6 Å². The van der Waals surface area contributed by atoms with Crippen molar-refractivity contribution < 1.29 is 17.8 Å². The molecule has 0 saturated heterocycles. The summed E-state index contributed by atoms with van der Waals surface area (Å²) in [5.41, 5.74) is 8.60. The van der Waals surface area contributed by atoms with Crippen LogP contribution in [0, 0.1) is 31.0 Å². The first kappa shape index (κ1) is 22.3. The van der Waals surface area contributed by atoms with Crippen LogP contribution >= 0.6 is 0 Å². The van der Waals surface area contributed by atoms with Crippen LogP contribution in [0.1, 0.15) is 16.7 Å². The molecule has 0 spiro atoms. The van der Waals surface area contributed by atoms with Crippen LogP contribution < -0.4 is 4.57 Å². The lowest BCUT2D eigenvalue weighted by Gasteiger charge is -2.07. The number of halogens is 1. The second-order valence-corrected chi connectivity index (χ2v) is 9.82. The van der Waals surface area contributed by atoms with Crippen LogP contribution in [0.15, 0.2) is 87.8 Å². The first-order chi connectivity index (χ1) is 18.4. The first-order valence-electron chi connectivity index (χ1n) is 12.4. The number of aromatic nitrogens is 1. The van der Waals surface area contributed by atoms with Gasteiger partial charge in [0.2, 0.25) is 11.9 Å². The molecule has 5 heteroatoms. The van der Waals surface area contributed by atoms with Crippen molar-refractivity contribution in [3.05, 3.63) is 102 Å². The molecule has 0 aliphatic carbocycles. The van der Waals surface area contributed by atoms with E-state index < -0.39 is 0 Å². The zero-order valence-corrected chi connectivity index (χ0v) is 21.1. The Morgan fingerprint density at radius 1 is 0.789 bits per heavy atom. The van der Waals surface area contributed by atoms with Gasteiger partial charge in [0.15, 0.2) is 5.82 Å². The van der Waals surface area contributed by atoms with Crippen molar-refractivity contribution >= 4 is 43.9 Å². The van der Waals surface area contributed by atoms with Gasteiger partial charge >= 0.3 is 0 Å². The topological polar surface area (TPSA) is 54.0 Å². The lowest BCUT2D eigenvalue weighted by atomic mass is 9.96. The Bertz CT molecular complexity index is 2140. The molecule has 0 saturated carbocycles. The van der Waals surface area contributed by atoms with Crippen LogP contribution in [-0.2, 0) is 7.05 Å². The summed E-state index contributed by atoms with van der Waals surface area (Å²) in [4.78, 5) is 0. The molecule has 7 aromatic rings. The van der Waals surface area contributed by atoms with Crippen molar-refractivity contribution in [1.29, 1.82) is 5.26 Å². The summed E-state index contributed by atoms with van der Waals surface area (Å²) in [6, 6.07) is 26.1. The highest BCUT2D eigenvalue weighted by atomic mass is 19.1. The number of benzene rings is 4. The van der Waals surface area contributed by atoms with Gasteiger partial charge in [-0.25, -0.2) is 4.39 Å². The Balaban J connectivity index is 1.55. The smallest absolute Gasteiger partial charge is 0.216 e. The number of aryl methyl sites for hydroxylation is 3. The summed E-state index contributed by atoms with van der Waals surface area (Å²) in [5.74, 6) is -0.263. The molecule has 0 amide bonds. The number of nitrogens with zero attached hydrogens (tertiary/aromatic N) is 2.